The maximum absolute atomic E-state index is 12.8. The minimum absolute atomic E-state index is 0.0268. The maximum Gasteiger partial charge on any atom is 0.262 e. The zero-order valence-electron chi connectivity index (χ0n) is 14.0. The molecule has 0 aliphatic heterocycles. The van der Waals surface area contributed by atoms with E-state index in [4.69, 9.17) is 4.52 Å². The van der Waals surface area contributed by atoms with Gasteiger partial charge in [0.05, 0.1) is 16.6 Å². The van der Waals surface area contributed by atoms with Crippen molar-refractivity contribution in [2.75, 3.05) is 0 Å². The van der Waals surface area contributed by atoms with Gasteiger partial charge in [0.2, 0.25) is 5.78 Å². The molecule has 4 rings (SSSR count). The molecule has 0 amide bonds. The van der Waals surface area contributed by atoms with Crippen LogP contribution in [0.5, 0.6) is 0 Å². The highest BCUT2D eigenvalue weighted by atomic mass is 32.2. The first-order chi connectivity index (χ1) is 12.2. The molecule has 0 atom stereocenters. The highest BCUT2D eigenvalue weighted by molar-refractivity contribution is 7.98. The minimum atomic E-state index is -0.0268. The third-order valence-corrected chi connectivity index (χ3v) is 4.91. The zero-order valence-corrected chi connectivity index (χ0v) is 14.8. The van der Waals surface area contributed by atoms with Crippen LogP contribution in [0.25, 0.3) is 16.7 Å². The van der Waals surface area contributed by atoms with Crippen LogP contribution in [0.4, 0.5) is 0 Å². The number of thioether (sulfide) groups is 1. The van der Waals surface area contributed by atoms with Crippen LogP contribution in [0.1, 0.15) is 24.8 Å². The average molecular weight is 355 g/mol. The van der Waals surface area contributed by atoms with E-state index in [1.807, 2.05) is 48.6 Å². The van der Waals surface area contributed by atoms with Crippen LogP contribution in [0, 0.1) is 6.92 Å². The number of hydrogen-bond acceptors (Lipinski definition) is 6. The van der Waals surface area contributed by atoms with E-state index >= 15 is 0 Å². The van der Waals surface area contributed by atoms with Crippen molar-refractivity contribution < 1.29 is 4.52 Å². The molecule has 3 aromatic heterocycles. The van der Waals surface area contributed by atoms with Crippen LogP contribution >= 0.6 is 11.8 Å². The Hall–Kier alpha value is -2.61. The van der Waals surface area contributed by atoms with E-state index in [0.29, 0.717) is 23.5 Å². The Kier molecular flexibility index (Phi) is 4.04. The Bertz CT molecular complexity index is 1110. The molecule has 8 heteroatoms. The fourth-order valence-corrected chi connectivity index (χ4v) is 3.70. The maximum atomic E-state index is 12.8. The van der Waals surface area contributed by atoms with E-state index in [1.54, 1.807) is 4.57 Å². The molecule has 0 aliphatic carbocycles. The molecule has 4 aromatic rings. The molecule has 0 fully saturated rings. The lowest BCUT2D eigenvalue weighted by Crippen LogP contribution is -2.23. The van der Waals surface area contributed by atoms with Crippen LogP contribution in [-0.4, -0.2) is 24.3 Å². The Morgan fingerprint density at radius 1 is 1.24 bits per heavy atom. The second-order valence-corrected chi connectivity index (χ2v) is 6.75. The van der Waals surface area contributed by atoms with Crippen molar-refractivity contribution in [1.82, 2.24) is 24.3 Å². The summed E-state index contributed by atoms with van der Waals surface area (Å²) in [5, 5.41) is 14.0. The van der Waals surface area contributed by atoms with Gasteiger partial charge in [0.1, 0.15) is 5.76 Å². The van der Waals surface area contributed by atoms with Crippen LogP contribution in [0.2, 0.25) is 0 Å². The highest BCUT2D eigenvalue weighted by Gasteiger charge is 2.16. The van der Waals surface area contributed by atoms with Crippen molar-refractivity contribution in [3.8, 4) is 0 Å². The number of hydrogen-bond donors (Lipinski definition) is 0. The van der Waals surface area contributed by atoms with Gasteiger partial charge in [-0.25, -0.2) is 0 Å². The second-order valence-electron chi connectivity index (χ2n) is 5.81. The lowest BCUT2D eigenvalue weighted by Gasteiger charge is -2.10. The molecular formula is C17H17N5O2S. The fourth-order valence-electron chi connectivity index (χ4n) is 2.88. The van der Waals surface area contributed by atoms with Gasteiger partial charge in [-0.05, 0) is 25.5 Å². The molecule has 0 N–H and O–H groups in total. The largest absolute Gasteiger partial charge is 0.361 e. The van der Waals surface area contributed by atoms with Gasteiger partial charge in [0, 0.05) is 18.4 Å². The zero-order chi connectivity index (χ0) is 17.4. The van der Waals surface area contributed by atoms with Crippen molar-refractivity contribution in [2.45, 2.75) is 37.7 Å². The second kappa shape index (κ2) is 6.36. The topological polar surface area (TPSA) is 78.2 Å². The summed E-state index contributed by atoms with van der Waals surface area (Å²) in [5.41, 5.74) is 1.64. The predicted molar refractivity (Wildman–Crippen MR) is 95.8 cm³/mol. The van der Waals surface area contributed by atoms with Crippen molar-refractivity contribution in [3.05, 3.63) is 52.1 Å². The van der Waals surface area contributed by atoms with Crippen LogP contribution in [-0.2, 0) is 12.3 Å². The number of aromatic nitrogens is 5. The van der Waals surface area contributed by atoms with E-state index in [1.165, 1.54) is 11.8 Å². The SMILES string of the molecule is CCCn1c(=O)c2ccccc2n2c(SCc3cc(C)on3)nnc12. The summed E-state index contributed by atoms with van der Waals surface area (Å²) in [5.74, 6) is 1.98. The molecule has 0 spiro atoms. The molecule has 3 heterocycles. The first-order valence-corrected chi connectivity index (χ1v) is 9.09. The quantitative estimate of drug-likeness (QED) is 0.512. The number of rotatable bonds is 5. The monoisotopic (exact) mass is 355 g/mol. The number of para-hydroxylation sites is 1. The smallest absolute Gasteiger partial charge is 0.262 e. The average Bonchev–Trinajstić information content (AvgIpc) is 3.23. The third-order valence-electron chi connectivity index (χ3n) is 3.95. The van der Waals surface area contributed by atoms with Gasteiger partial charge >= 0.3 is 0 Å². The first kappa shape index (κ1) is 15.9. The Morgan fingerprint density at radius 3 is 2.84 bits per heavy atom. The van der Waals surface area contributed by atoms with E-state index in [-0.39, 0.29) is 5.56 Å². The van der Waals surface area contributed by atoms with Gasteiger partial charge in [-0.3, -0.25) is 13.8 Å². The van der Waals surface area contributed by atoms with Gasteiger partial charge in [0.25, 0.3) is 5.56 Å². The molecule has 128 valence electrons. The lowest BCUT2D eigenvalue weighted by molar-refractivity contribution is 0.393. The molecule has 1 aromatic carbocycles. The van der Waals surface area contributed by atoms with Crippen LogP contribution in [0.15, 0.2) is 44.8 Å². The molecule has 0 bridgehead atoms. The fraction of sp³-hybridized carbons (Fsp3) is 0.294. The number of benzene rings is 1. The molecule has 0 saturated carbocycles. The molecule has 0 radical (unpaired) electrons. The summed E-state index contributed by atoms with van der Waals surface area (Å²) >= 11 is 1.52. The summed E-state index contributed by atoms with van der Waals surface area (Å²) in [6, 6.07) is 9.47. The standard InChI is InChI=1S/C17H17N5O2S/c1-3-8-21-15(23)13-6-4-5-7-14(13)22-16(21)18-19-17(22)25-10-12-9-11(2)24-20-12/h4-7,9H,3,8,10H2,1-2H3. The molecule has 7 nitrogen and oxygen atoms in total. The van der Waals surface area contributed by atoms with E-state index in [0.717, 1.165) is 28.5 Å². The Morgan fingerprint density at radius 2 is 2.08 bits per heavy atom. The molecular weight excluding hydrogens is 338 g/mol. The molecule has 0 unspecified atom stereocenters. The van der Waals surface area contributed by atoms with Crippen LogP contribution < -0.4 is 5.56 Å². The van der Waals surface area contributed by atoms with Gasteiger partial charge in [-0.15, -0.1) is 10.2 Å². The minimum Gasteiger partial charge on any atom is -0.361 e. The number of aryl methyl sites for hydroxylation is 2. The number of fused-ring (bicyclic) bond motifs is 3. The summed E-state index contributed by atoms with van der Waals surface area (Å²) < 4.78 is 8.75. The van der Waals surface area contributed by atoms with Crippen LogP contribution in [0.3, 0.4) is 0 Å². The Balaban J connectivity index is 1.87. The summed E-state index contributed by atoms with van der Waals surface area (Å²) in [4.78, 5) is 12.8. The van der Waals surface area contributed by atoms with Gasteiger partial charge in [-0.2, -0.15) is 0 Å². The highest BCUT2D eigenvalue weighted by Crippen LogP contribution is 2.24. The normalized spacial score (nSPS) is 11.6. The van der Waals surface area contributed by atoms with E-state index < -0.39 is 0 Å². The van der Waals surface area contributed by atoms with Crippen molar-refractivity contribution >= 4 is 28.4 Å². The van der Waals surface area contributed by atoms with E-state index in [9.17, 15) is 4.79 Å². The van der Waals surface area contributed by atoms with Gasteiger partial charge in [-0.1, -0.05) is 36.0 Å². The number of nitrogens with zero attached hydrogens (tertiary/aromatic N) is 5. The summed E-state index contributed by atoms with van der Waals surface area (Å²) in [6.45, 7) is 4.51. The van der Waals surface area contributed by atoms with Crippen molar-refractivity contribution in [3.63, 3.8) is 0 Å². The third kappa shape index (κ3) is 2.72. The van der Waals surface area contributed by atoms with Gasteiger partial charge < -0.3 is 4.52 Å². The lowest BCUT2D eigenvalue weighted by atomic mass is 10.2. The predicted octanol–water partition coefficient (Wildman–Crippen LogP) is 3.04. The van der Waals surface area contributed by atoms with Crippen molar-refractivity contribution in [2.24, 2.45) is 0 Å². The summed E-state index contributed by atoms with van der Waals surface area (Å²) in [6.07, 6.45) is 0.849. The van der Waals surface area contributed by atoms with Crippen molar-refractivity contribution in [1.29, 1.82) is 0 Å². The first-order valence-electron chi connectivity index (χ1n) is 8.10. The Labute approximate surface area is 147 Å². The molecule has 25 heavy (non-hydrogen) atoms. The van der Waals surface area contributed by atoms with E-state index in [2.05, 4.69) is 15.4 Å². The summed E-state index contributed by atoms with van der Waals surface area (Å²) in [7, 11) is 0. The van der Waals surface area contributed by atoms with Gasteiger partial charge in [0.15, 0.2) is 5.16 Å². The molecule has 0 aliphatic rings. The molecule has 0 saturated heterocycles.